The van der Waals surface area contributed by atoms with E-state index in [0.717, 1.165) is 5.56 Å². The third-order valence-electron chi connectivity index (χ3n) is 3.30. The van der Waals surface area contributed by atoms with Gasteiger partial charge in [-0.1, -0.05) is 55.5 Å². The molecule has 0 unspecified atom stereocenters. The van der Waals surface area contributed by atoms with Crippen LogP contribution in [0.4, 0.5) is 0 Å². The topological polar surface area (TPSA) is 29.5 Å². The molecule has 2 atom stereocenters. The Morgan fingerprint density at radius 1 is 1.37 bits per heavy atom. The van der Waals surface area contributed by atoms with E-state index in [1.54, 1.807) is 0 Å². The van der Waals surface area contributed by atoms with Crippen LogP contribution < -0.4 is 0 Å². The van der Waals surface area contributed by atoms with Crippen LogP contribution in [0.5, 0.6) is 0 Å². The van der Waals surface area contributed by atoms with Crippen LogP contribution >= 0.6 is 12.2 Å². The van der Waals surface area contributed by atoms with Gasteiger partial charge in [0.25, 0.3) is 0 Å². The van der Waals surface area contributed by atoms with Gasteiger partial charge < -0.3 is 9.64 Å². The van der Waals surface area contributed by atoms with E-state index in [1.807, 2.05) is 54.4 Å². The van der Waals surface area contributed by atoms with Gasteiger partial charge in [-0.2, -0.15) is 0 Å². The molecule has 4 heteroatoms. The van der Waals surface area contributed by atoms with Crippen LogP contribution in [-0.4, -0.2) is 23.0 Å². The van der Waals surface area contributed by atoms with Gasteiger partial charge in [0, 0.05) is 12.7 Å². The van der Waals surface area contributed by atoms with Gasteiger partial charge in [-0.3, -0.25) is 4.79 Å². The van der Waals surface area contributed by atoms with E-state index >= 15 is 0 Å². The van der Waals surface area contributed by atoms with Gasteiger partial charge >= 0.3 is 5.97 Å². The minimum Gasteiger partial charge on any atom is -0.468 e. The van der Waals surface area contributed by atoms with Crippen LogP contribution in [0.2, 0.25) is 0 Å². The molecule has 2 rings (SSSR count). The second kappa shape index (κ2) is 5.97. The maximum atomic E-state index is 11.8. The van der Waals surface area contributed by atoms with Crippen molar-refractivity contribution in [3.63, 3.8) is 0 Å². The van der Waals surface area contributed by atoms with E-state index in [4.69, 9.17) is 17.0 Å². The SMILES string of the molecule is COC(=O)[C@H]1C(=S)N(Cc2ccccc2)C=C[C@@H]1C. The minimum absolute atomic E-state index is 0.0759. The summed E-state index contributed by atoms with van der Waals surface area (Å²) in [4.78, 5) is 14.4. The second-order valence-corrected chi connectivity index (χ2v) is 5.07. The summed E-state index contributed by atoms with van der Waals surface area (Å²) in [6, 6.07) is 10.1. The molecule has 0 N–H and O–H groups in total. The first-order chi connectivity index (χ1) is 9.13. The Hall–Kier alpha value is -1.68. The maximum Gasteiger partial charge on any atom is 0.316 e. The largest absolute Gasteiger partial charge is 0.468 e. The predicted octanol–water partition coefficient (Wildman–Crippen LogP) is 2.77. The number of methoxy groups -OCH3 is 1. The van der Waals surface area contributed by atoms with Crippen molar-refractivity contribution in [2.45, 2.75) is 13.5 Å². The molecule has 0 fully saturated rings. The zero-order valence-corrected chi connectivity index (χ0v) is 11.9. The molecule has 1 aliphatic heterocycles. The first kappa shape index (κ1) is 13.7. The van der Waals surface area contributed by atoms with Crippen LogP contribution in [0, 0.1) is 11.8 Å². The third-order valence-corrected chi connectivity index (χ3v) is 3.78. The standard InChI is InChI=1S/C15H17NO2S/c1-11-8-9-16(10-12-6-4-3-5-7-12)14(19)13(11)15(17)18-2/h3-9,11,13H,10H2,1-2H3/t11-,13+/m0/s1. The highest BCUT2D eigenvalue weighted by molar-refractivity contribution is 7.80. The van der Waals surface area contributed by atoms with E-state index < -0.39 is 0 Å². The van der Waals surface area contributed by atoms with Crippen molar-refractivity contribution in [2.75, 3.05) is 7.11 Å². The fraction of sp³-hybridized carbons (Fsp3) is 0.333. The normalized spacial score (nSPS) is 22.4. The number of ether oxygens (including phenoxy) is 1. The summed E-state index contributed by atoms with van der Waals surface area (Å²) in [5.41, 5.74) is 1.16. The zero-order chi connectivity index (χ0) is 13.8. The molecule has 1 aromatic carbocycles. The number of esters is 1. The van der Waals surface area contributed by atoms with Gasteiger partial charge in [-0.15, -0.1) is 0 Å². The van der Waals surface area contributed by atoms with Crippen molar-refractivity contribution in [2.24, 2.45) is 11.8 Å². The maximum absolute atomic E-state index is 11.8. The second-order valence-electron chi connectivity index (χ2n) is 4.65. The number of carbonyl (C=O) groups is 1. The van der Waals surface area contributed by atoms with Crippen molar-refractivity contribution < 1.29 is 9.53 Å². The predicted molar refractivity (Wildman–Crippen MR) is 78.4 cm³/mol. The number of nitrogens with zero attached hydrogens (tertiary/aromatic N) is 1. The monoisotopic (exact) mass is 275 g/mol. The van der Waals surface area contributed by atoms with Crippen LogP contribution in [0.25, 0.3) is 0 Å². The molecular formula is C15H17NO2S. The summed E-state index contributed by atoms with van der Waals surface area (Å²) in [7, 11) is 1.40. The Kier molecular flexibility index (Phi) is 4.32. The molecule has 0 bridgehead atoms. The number of benzene rings is 1. The van der Waals surface area contributed by atoms with Crippen molar-refractivity contribution in [3.8, 4) is 0 Å². The minimum atomic E-state index is -0.367. The van der Waals surface area contributed by atoms with Crippen molar-refractivity contribution in [1.29, 1.82) is 0 Å². The highest BCUT2D eigenvalue weighted by Gasteiger charge is 2.34. The van der Waals surface area contributed by atoms with Crippen molar-refractivity contribution >= 4 is 23.2 Å². The first-order valence-electron chi connectivity index (χ1n) is 6.24. The van der Waals surface area contributed by atoms with Gasteiger partial charge in [0.1, 0.15) is 5.92 Å². The van der Waals surface area contributed by atoms with E-state index in [9.17, 15) is 4.79 Å². The molecule has 1 aliphatic rings. The Morgan fingerprint density at radius 3 is 2.68 bits per heavy atom. The molecule has 100 valence electrons. The number of hydrogen-bond acceptors (Lipinski definition) is 3. The molecule has 1 heterocycles. The quantitative estimate of drug-likeness (QED) is 0.626. The lowest BCUT2D eigenvalue weighted by Gasteiger charge is -2.32. The number of allylic oxidation sites excluding steroid dienone is 1. The summed E-state index contributed by atoms with van der Waals surface area (Å²) in [5.74, 6) is -0.555. The van der Waals surface area contributed by atoms with Gasteiger partial charge in [-0.05, 0) is 11.5 Å². The highest BCUT2D eigenvalue weighted by Crippen LogP contribution is 2.25. The highest BCUT2D eigenvalue weighted by atomic mass is 32.1. The molecule has 19 heavy (non-hydrogen) atoms. The first-order valence-corrected chi connectivity index (χ1v) is 6.65. The number of carbonyl (C=O) groups excluding carboxylic acids is 1. The lowest BCUT2D eigenvalue weighted by Crippen LogP contribution is -2.41. The number of rotatable bonds is 3. The van der Waals surface area contributed by atoms with E-state index in [1.165, 1.54) is 7.11 Å². The summed E-state index contributed by atoms with van der Waals surface area (Å²) in [6.45, 7) is 2.65. The number of thiocarbonyl (C=S) groups is 1. The molecule has 0 aromatic heterocycles. The summed E-state index contributed by atoms with van der Waals surface area (Å²) >= 11 is 5.44. The van der Waals surface area contributed by atoms with Gasteiger partial charge in [-0.25, -0.2) is 0 Å². The average molecular weight is 275 g/mol. The molecule has 0 amide bonds. The van der Waals surface area contributed by atoms with Crippen molar-refractivity contribution in [3.05, 3.63) is 48.2 Å². The zero-order valence-electron chi connectivity index (χ0n) is 11.1. The van der Waals surface area contributed by atoms with Gasteiger partial charge in [0.2, 0.25) is 0 Å². The molecule has 0 saturated heterocycles. The van der Waals surface area contributed by atoms with Gasteiger partial charge in [0.05, 0.1) is 12.1 Å². The molecule has 0 spiro atoms. The molecule has 0 radical (unpaired) electrons. The Bertz CT molecular complexity index is 498. The summed E-state index contributed by atoms with van der Waals surface area (Å²) in [5, 5.41) is 0. The fourth-order valence-corrected chi connectivity index (χ4v) is 2.62. The third kappa shape index (κ3) is 3.01. The lowest BCUT2D eigenvalue weighted by molar-refractivity contribution is -0.144. The lowest BCUT2D eigenvalue weighted by atomic mass is 9.90. The summed E-state index contributed by atoms with van der Waals surface area (Å²) in [6.07, 6.45) is 3.96. The fourth-order valence-electron chi connectivity index (χ4n) is 2.18. The molecule has 3 nitrogen and oxygen atoms in total. The smallest absolute Gasteiger partial charge is 0.316 e. The van der Waals surface area contributed by atoms with Crippen LogP contribution in [0.1, 0.15) is 12.5 Å². The van der Waals surface area contributed by atoms with Crippen LogP contribution in [0.3, 0.4) is 0 Å². The van der Waals surface area contributed by atoms with Gasteiger partial charge in [0.15, 0.2) is 0 Å². The van der Waals surface area contributed by atoms with E-state index in [0.29, 0.717) is 11.5 Å². The Labute approximate surface area is 118 Å². The number of hydrogen-bond donors (Lipinski definition) is 0. The van der Waals surface area contributed by atoms with E-state index in [2.05, 4.69) is 0 Å². The summed E-state index contributed by atoms with van der Waals surface area (Å²) < 4.78 is 4.84. The molecule has 0 saturated carbocycles. The Morgan fingerprint density at radius 2 is 2.05 bits per heavy atom. The average Bonchev–Trinajstić information content (AvgIpc) is 2.43. The Balaban J connectivity index is 2.17. The van der Waals surface area contributed by atoms with E-state index in [-0.39, 0.29) is 17.8 Å². The molecule has 0 aliphatic carbocycles. The van der Waals surface area contributed by atoms with Crippen molar-refractivity contribution in [1.82, 2.24) is 4.90 Å². The van der Waals surface area contributed by atoms with Crippen LogP contribution in [0.15, 0.2) is 42.6 Å². The van der Waals surface area contributed by atoms with Crippen LogP contribution in [-0.2, 0) is 16.1 Å². The molecule has 1 aromatic rings. The molecular weight excluding hydrogens is 258 g/mol.